The zero-order valence-electron chi connectivity index (χ0n) is 30.2. The van der Waals surface area contributed by atoms with E-state index in [1.807, 2.05) is 12.1 Å². The Morgan fingerprint density at radius 2 is 0.920 bits per heavy atom. The van der Waals surface area contributed by atoms with Gasteiger partial charge in [0, 0.05) is 36.2 Å². The van der Waals surface area contributed by atoms with Gasteiger partial charge < -0.3 is 18.9 Å². The summed E-state index contributed by atoms with van der Waals surface area (Å²) < 4.78 is 25.6. The van der Waals surface area contributed by atoms with E-state index >= 15 is 0 Å². The third kappa shape index (κ3) is 9.82. The Morgan fingerprint density at radius 3 is 1.42 bits per heavy atom. The number of rotatable bonds is 21. The van der Waals surface area contributed by atoms with E-state index in [0.717, 1.165) is 111 Å². The van der Waals surface area contributed by atoms with Gasteiger partial charge in [0.25, 0.3) is 0 Å². The van der Waals surface area contributed by atoms with Crippen LogP contribution >= 0.6 is 22.7 Å². The molecule has 6 heteroatoms. The molecule has 0 amide bonds. The molecule has 0 radical (unpaired) electrons. The van der Waals surface area contributed by atoms with Gasteiger partial charge in [0.05, 0.1) is 26.4 Å². The lowest BCUT2D eigenvalue weighted by molar-refractivity contribution is 0.302. The van der Waals surface area contributed by atoms with E-state index in [0.29, 0.717) is 26.4 Å². The normalized spacial score (nSPS) is 11.0. The fraction of sp³-hybridized carbons (Fsp3) is 0.364. The number of ether oxygens (including phenoxy) is 4. The quantitative estimate of drug-likeness (QED) is 0.0711. The Labute approximate surface area is 307 Å². The highest BCUT2D eigenvalue weighted by Gasteiger charge is 2.20. The number of unbranched alkanes of at least 4 members (excludes halogenated alkanes) is 4. The first-order chi connectivity index (χ1) is 24.6. The summed E-state index contributed by atoms with van der Waals surface area (Å²) in [5, 5.41) is 0. The molecule has 0 aliphatic carbocycles. The van der Waals surface area contributed by atoms with Gasteiger partial charge in [-0.25, -0.2) is 0 Å². The number of thiophene rings is 2. The van der Waals surface area contributed by atoms with Crippen molar-refractivity contribution < 1.29 is 18.9 Å². The molecule has 0 atom stereocenters. The fourth-order valence-electron chi connectivity index (χ4n) is 5.46. The van der Waals surface area contributed by atoms with Crippen molar-refractivity contribution in [2.75, 3.05) is 26.4 Å². The van der Waals surface area contributed by atoms with Gasteiger partial charge in [0.2, 0.25) is 0 Å². The van der Waals surface area contributed by atoms with Gasteiger partial charge in [-0.2, -0.15) is 0 Å². The third-order valence-corrected chi connectivity index (χ3v) is 10.8. The summed E-state index contributed by atoms with van der Waals surface area (Å²) in [5.74, 6) is 3.53. The minimum absolute atomic E-state index is 0.662. The summed E-state index contributed by atoms with van der Waals surface area (Å²) in [7, 11) is 0. The van der Waals surface area contributed by atoms with E-state index in [9.17, 15) is 0 Å². The van der Waals surface area contributed by atoms with Gasteiger partial charge in [-0.1, -0.05) is 90.3 Å². The molecule has 50 heavy (non-hydrogen) atoms. The maximum absolute atomic E-state index is 6.57. The summed E-state index contributed by atoms with van der Waals surface area (Å²) in [5.41, 5.74) is 5.49. The second kappa shape index (κ2) is 19.4. The molecule has 0 N–H and O–H groups in total. The third-order valence-electron chi connectivity index (χ3n) is 8.51. The van der Waals surface area contributed by atoms with E-state index in [2.05, 4.69) is 107 Å². The first kappa shape index (κ1) is 37.3. The van der Waals surface area contributed by atoms with Crippen molar-refractivity contribution >= 4 is 28.7 Å². The first-order valence-electron chi connectivity index (χ1n) is 18.3. The molecule has 3 aromatic carbocycles. The molecule has 0 saturated carbocycles. The van der Waals surface area contributed by atoms with Gasteiger partial charge >= 0.3 is 0 Å². The molecule has 2 aromatic heterocycles. The average molecular weight is 709 g/mol. The Hall–Kier alpha value is -4.00. The molecule has 0 unspecified atom stereocenters. The number of hydrogen-bond donors (Lipinski definition) is 0. The molecule has 4 nitrogen and oxygen atoms in total. The zero-order valence-corrected chi connectivity index (χ0v) is 31.9. The van der Waals surface area contributed by atoms with Crippen LogP contribution in [0.15, 0.2) is 85.4 Å². The maximum Gasteiger partial charge on any atom is 0.128 e. The minimum Gasteiger partial charge on any atom is -0.494 e. The smallest absolute Gasteiger partial charge is 0.128 e. The molecule has 0 spiro atoms. The average Bonchev–Trinajstić information content (AvgIpc) is 3.84. The molecule has 5 rings (SSSR count). The number of hydrogen-bond acceptors (Lipinski definition) is 6. The monoisotopic (exact) mass is 708 g/mol. The van der Waals surface area contributed by atoms with Crippen LogP contribution < -0.4 is 18.9 Å². The van der Waals surface area contributed by atoms with Crippen molar-refractivity contribution in [2.24, 2.45) is 0 Å². The van der Waals surface area contributed by atoms with Crippen LogP contribution in [0.25, 0.3) is 47.8 Å². The lowest BCUT2D eigenvalue weighted by atomic mass is 10.1. The molecule has 264 valence electrons. The van der Waals surface area contributed by atoms with Crippen LogP contribution in [0.3, 0.4) is 0 Å². The maximum atomic E-state index is 6.57. The summed E-state index contributed by atoms with van der Waals surface area (Å²) >= 11 is 3.53. The molecular formula is C44H52O4S2. The van der Waals surface area contributed by atoms with Crippen molar-refractivity contribution in [1.29, 1.82) is 0 Å². The molecule has 5 aromatic rings. The predicted octanol–water partition coefficient (Wildman–Crippen LogP) is 13.8. The van der Waals surface area contributed by atoms with Crippen LogP contribution in [0.1, 0.15) is 84.6 Å². The second-order valence-corrected chi connectivity index (χ2v) is 14.6. The van der Waals surface area contributed by atoms with Crippen LogP contribution in [0, 0.1) is 0 Å². The largest absolute Gasteiger partial charge is 0.494 e. The van der Waals surface area contributed by atoms with Crippen molar-refractivity contribution in [2.45, 2.75) is 79.1 Å². The minimum atomic E-state index is 0.662. The lowest BCUT2D eigenvalue weighted by Crippen LogP contribution is -2.02. The highest BCUT2D eigenvalue weighted by atomic mass is 32.1. The highest BCUT2D eigenvalue weighted by Crippen LogP contribution is 2.48. The summed E-state index contributed by atoms with van der Waals surface area (Å²) in [6.45, 7) is 15.4. The molecule has 0 bridgehead atoms. The van der Waals surface area contributed by atoms with Gasteiger partial charge in [0.1, 0.15) is 23.0 Å². The van der Waals surface area contributed by atoms with Crippen molar-refractivity contribution in [3.05, 3.63) is 91.0 Å². The SMILES string of the molecule is C=Cc1ccc(-c2ccc(-c3cc(OCCCC)c(-c4ccc(-c5cc(OCCCC)ccc5OCCCC)s4)cc3OCCCC)s2)cc1. The Balaban J connectivity index is 1.55. The van der Waals surface area contributed by atoms with E-state index in [-0.39, 0.29) is 0 Å². The fourth-order valence-corrected chi connectivity index (χ4v) is 7.54. The zero-order chi connectivity index (χ0) is 35.1. The molecule has 0 aliphatic rings. The molecular weight excluding hydrogens is 657 g/mol. The van der Waals surface area contributed by atoms with Crippen molar-refractivity contribution in [1.82, 2.24) is 0 Å². The van der Waals surface area contributed by atoms with Crippen LogP contribution in [0.5, 0.6) is 23.0 Å². The highest BCUT2D eigenvalue weighted by molar-refractivity contribution is 7.19. The standard InChI is InChI=1S/C44H52O4S2/c1-6-11-25-45-34-19-20-38(46-26-12-7-2)35(29-34)42-23-24-44(50-42)37-31-39(47-27-13-8-3)36(30-40(37)48-28-14-9-4)43-22-21-41(49-43)33-17-15-32(10-5)16-18-33/h10,15-24,29-31H,5-9,11-14,25-28H2,1-4H3. The van der Waals surface area contributed by atoms with E-state index in [1.54, 1.807) is 22.7 Å². The van der Waals surface area contributed by atoms with Gasteiger partial charge in [-0.15, -0.1) is 22.7 Å². The topological polar surface area (TPSA) is 36.9 Å². The summed E-state index contributed by atoms with van der Waals surface area (Å²) in [4.78, 5) is 4.64. The first-order valence-corrected chi connectivity index (χ1v) is 20.0. The van der Waals surface area contributed by atoms with Crippen LogP contribution in [-0.4, -0.2) is 26.4 Å². The van der Waals surface area contributed by atoms with Gasteiger partial charge in [0.15, 0.2) is 0 Å². The summed E-state index contributed by atoms with van der Waals surface area (Å²) in [6, 6.07) is 28.0. The van der Waals surface area contributed by atoms with Gasteiger partial charge in [-0.3, -0.25) is 0 Å². The van der Waals surface area contributed by atoms with Crippen LogP contribution in [-0.2, 0) is 0 Å². The summed E-state index contributed by atoms with van der Waals surface area (Å²) in [6.07, 6.45) is 10.2. The lowest BCUT2D eigenvalue weighted by Gasteiger charge is -2.17. The van der Waals surface area contributed by atoms with Gasteiger partial charge in [-0.05, 0) is 91.4 Å². The van der Waals surface area contributed by atoms with Crippen molar-refractivity contribution in [3.8, 4) is 64.8 Å². The van der Waals surface area contributed by atoms with Crippen molar-refractivity contribution in [3.63, 3.8) is 0 Å². The number of benzene rings is 3. The molecule has 0 fully saturated rings. The van der Waals surface area contributed by atoms with Crippen LogP contribution in [0.4, 0.5) is 0 Å². The van der Waals surface area contributed by atoms with E-state index in [4.69, 9.17) is 18.9 Å². The van der Waals surface area contributed by atoms with E-state index < -0.39 is 0 Å². The van der Waals surface area contributed by atoms with E-state index in [1.165, 1.54) is 10.4 Å². The Morgan fingerprint density at radius 1 is 0.480 bits per heavy atom. The van der Waals surface area contributed by atoms with Crippen LogP contribution in [0.2, 0.25) is 0 Å². The molecule has 0 saturated heterocycles. The predicted molar refractivity (Wildman–Crippen MR) is 216 cm³/mol. The Kier molecular flexibility index (Phi) is 14.5. The second-order valence-electron chi connectivity index (χ2n) is 12.5. The Bertz CT molecular complexity index is 1780. The molecule has 0 aliphatic heterocycles. The molecule has 2 heterocycles.